The van der Waals surface area contributed by atoms with E-state index in [0.717, 1.165) is 0 Å². The van der Waals surface area contributed by atoms with E-state index >= 15 is 0 Å². The number of rotatable bonds is 0. The molecular weight excluding hydrogens is 82.1 g/mol. The minimum atomic E-state index is 1.42. The second-order valence-electron chi connectivity index (χ2n) is 0.566. The van der Waals surface area contributed by atoms with Gasteiger partial charge in [-0.05, 0) is 0 Å². The van der Waals surface area contributed by atoms with Gasteiger partial charge in [-0.25, -0.2) is 4.98 Å². The highest BCUT2D eigenvalue weighted by atomic mass is 32.1. The molecule has 0 aliphatic rings. The molecule has 1 rings (SSSR count). The van der Waals surface area contributed by atoms with Crippen LogP contribution in [-0.2, 0) is 0 Å². The van der Waals surface area contributed by atoms with E-state index in [0.29, 0.717) is 0 Å². The fraction of sp³-hybridized carbons (Fsp3) is 0. The summed E-state index contributed by atoms with van der Waals surface area (Å²) in [7, 11) is 0. The van der Waals surface area contributed by atoms with E-state index in [1.165, 1.54) is 11.3 Å². The first-order valence-corrected chi connectivity index (χ1v) is 2.05. The molecule has 24 valence electrons. The third-order valence-corrected chi connectivity index (χ3v) is 0.694. The summed E-state index contributed by atoms with van der Waals surface area (Å²) in [5, 5.41) is 2.67. The van der Waals surface area contributed by atoms with Gasteiger partial charge in [-0.3, -0.25) is 0 Å². The van der Waals surface area contributed by atoms with Gasteiger partial charge in [0.05, 0.1) is 10.9 Å². The highest BCUT2D eigenvalue weighted by Gasteiger charge is 1.62. The molecule has 0 saturated carbocycles. The van der Waals surface area contributed by atoms with Crippen LogP contribution in [0, 0.1) is 11.6 Å². The molecule has 0 spiro atoms. The van der Waals surface area contributed by atoms with Gasteiger partial charge in [0.2, 0.25) is 0 Å². The van der Waals surface area contributed by atoms with Crippen molar-refractivity contribution in [3.63, 3.8) is 0 Å². The van der Waals surface area contributed by atoms with Gasteiger partial charge in [-0.1, -0.05) is 0 Å². The van der Waals surface area contributed by atoms with E-state index in [4.69, 9.17) is 0 Å². The van der Waals surface area contributed by atoms with Crippen molar-refractivity contribution >= 4 is 11.3 Å². The van der Waals surface area contributed by atoms with Crippen LogP contribution in [0.1, 0.15) is 0 Å². The van der Waals surface area contributed by atoms with Crippen molar-refractivity contribution in [2.24, 2.45) is 0 Å². The van der Waals surface area contributed by atoms with Crippen LogP contribution >= 0.6 is 11.3 Å². The van der Waals surface area contributed by atoms with Crippen molar-refractivity contribution in [3.8, 4) is 0 Å². The zero-order valence-corrected chi connectivity index (χ0v) is 3.25. The highest BCUT2D eigenvalue weighted by molar-refractivity contribution is 7.06. The molecule has 1 heterocycles. The van der Waals surface area contributed by atoms with Crippen LogP contribution in [0.5, 0.6) is 0 Å². The summed E-state index contributed by atoms with van der Waals surface area (Å²) < 4.78 is 0. The van der Waals surface area contributed by atoms with Gasteiger partial charge in [0.1, 0.15) is 6.20 Å². The summed E-state index contributed by atoms with van der Waals surface area (Å²) in [5.74, 6) is 0. The first kappa shape index (κ1) is 2.85. The maximum Gasteiger partial charge on any atom is 0.110 e. The Kier molecular flexibility index (Phi) is 0.667. The molecule has 2 heteroatoms. The van der Waals surface area contributed by atoms with E-state index in [1.54, 1.807) is 5.51 Å². The van der Waals surface area contributed by atoms with Crippen molar-refractivity contribution < 1.29 is 0 Å². The quantitative estimate of drug-likeness (QED) is 0.451. The van der Waals surface area contributed by atoms with Crippen molar-refractivity contribution in [2.45, 2.75) is 0 Å². The van der Waals surface area contributed by atoms with E-state index in [2.05, 4.69) is 16.6 Å². The lowest BCUT2D eigenvalue weighted by Gasteiger charge is -1.39. The third kappa shape index (κ3) is 0.450. The van der Waals surface area contributed by atoms with Crippen LogP contribution in [0.25, 0.3) is 0 Å². The molecule has 0 N–H and O–H groups in total. The standard InChI is InChI=1S/C3HNS/c1-2-5-3-4-1/h3H. The molecular formula is C3HNS. The Balaban J connectivity index is 3.13. The average Bonchev–Trinajstić information content (AvgIpc) is 1.76. The predicted octanol–water partition coefficient (Wildman–Crippen LogP) is 0.743. The maximum atomic E-state index is 3.56. The predicted molar refractivity (Wildman–Crippen MR) is 19.8 cm³/mol. The highest BCUT2D eigenvalue weighted by Crippen LogP contribution is 1.83. The van der Waals surface area contributed by atoms with Gasteiger partial charge in [0.25, 0.3) is 0 Å². The van der Waals surface area contributed by atoms with E-state index in [9.17, 15) is 0 Å². The van der Waals surface area contributed by atoms with Crippen LogP contribution in [0.4, 0.5) is 0 Å². The third-order valence-electron chi connectivity index (χ3n) is 0.275. The Morgan fingerprint density at radius 2 is 2.80 bits per heavy atom. The number of hydrogen-bond donors (Lipinski definition) is 0. The molecule has 1 aromatic rings. The second kappa shape index (κ2) is 1.17. The molecule has 5 heavy (non-hydrogen) atoms. The summed E-state index contributed by atoms with van der Waals surface area (Å²) in [6, 6.07) is 0. The van der Waals surface area contributed by atoms with E-state index < -0.39 is 0 Å². The smallest absolute Gasteiger partial charge is 0.110 e. The summed E-state index contributed by atoms with van der Waals surface area (Å²) in [4.78, 5) is 3.56. The molecule has 0 amide bonds. The molecule has 0 aliphatic heterocycles. The van der Waals surface area contributed by atoms with Gasteiger partial charge in [-0.15, -0.1) is 11.3 Å². The zero-order valence-electron chi connectivity index (χ0n) is 2.43. The summed E-state index contributed by atoms with van der Waals surface area (Å²) in [6.45, 7) is 0. The normalized spacial score (nSPS) is 8.00. The van der Waals surface area contributed by atoms with Crippen LogP contribution in [-0.4, -0.2) is 4.98 Å². The van der Waals surface area contributed by atoms with E-state index in [-0.39, 0.29) is 0 Å². The lowest BCUT2D eigenvalue weighted by Crippen LogP contribution is -1.40. The molecule has 2 radical (unpaired) electrons. The van der Waals surface area contributed by atoms with Gasteiger partial charge in [0, 0.05) is 0 Å². The van der Waals surface area contributed by atoms with Gasteiger partial charge >= 0.3 is 0 Å². The first-order chi connectivity index (χ1) is 2.50. The molecule has 0 aromatic carbocycles. The molecule has 1 aromatic heterocycles. The molecule has 1 nitrogen and oxygen atoms in total. The Morgan fingerprint density at radius 3 is 3.00 bits per heavy atom. The Bertz CT molecular complexity index is 63.4. The molecule has 0 fully saturated rings. The van der Waals surface area contributed by atoms with Gasteiger partial charge < -0.3 is 0 Å². The van der Waals surface area contributed by atoms with Crippen molar-refractivity contribution in [2.75, 3.05) is 0 Å². The molecule has 0 bridgehead atoms. The molecule has 0 atom stereocenters. The first-order valence-electron chi connectivity index (χ1n) is 1.17. The number of hydrogen-bond acceptors (Lipinski definition) is 2. The lowest BCUT2D eigenvalue weighted by molar-refractivity contribution is 1.40. The van der Waals surface area contributed by atoms with E-state index in [1.807, 2.05) is 0 Å². The molecule has 0 unspecified atom stereocenters. The minimum Gasteiger partial charge on any atom is -0.242 e. The second-order valence-corrected chi connectivity index (χ2v) is 1.22. The summed E-state index contributed by atoms with van der Waals surface area (Å²) >= 11 is 1.42. The molecule has 0 saturated heterocycles. The van der Waals surface area contributed by atoms with Crippen LogP contribution in [0.3, 0.4) is 0 Å². The summed E-state index contributed by atoms with van der Waals surface area (Å²) in [5.41, 5.74) is 1.68. The fourth-order valence-electron chi connectivity index (χ4n) is 0.132. The largest absolute Gasteiger partial charge is 0.242 e. The maximum absolute atomic E-state index is 3.56. The SMILES string of the molecule is [c]1[c]scn1. The fourth-order valence-corrected chi connectivity index (χ4v) is 0.395. The number of aromatic nitrogens is 1. The minimum absolute atomic E-state index is 1.42. The molecule has 0 aliphatic carbocycles. The van der Waals surface area contributed by atoms with Gasteiger partial charge in [0.15, 0.2) is 0 Å². The van der Waals surface area contributed by atoms with Gasteiger partial charge in [-0.2, -0.15) is 0 Å². The Morgan fingerprint density at radius 1 is 1.80 bits per heavy atom. The van der Waals surface area contributed by atoms with Crippen LogP contribution < -0.4 is 0 Å². The average molecular weight is 83.1 g/mol. The number of nitrogens with zero attached hydrogens (tertiary/aromatic N) is 1. The van der Waals surface area contributed by atoms with Crippen LogP contribution in [0.2, 0.25) is 0 Å². The summed E-state index contributed by atoms with van der Waals surface area (Å²) in [6.07, 6.45) is 2.50. The Hall–Kier alpha value is -0.370. The lowest BCUT2D eigenvalue weighted by atomic mass is 11.0. The zero-order chi connectivity index (χ0) is 3.54. The monoisotopic (exact) mass is 83.0 g/mol. The topological polar surface area (TPSA) is 12.9 Å². The Labute approximate surface area is 34.3 Å². The number of thiazole rings is 1. The van der Waals surface area contributed by atoms with Crippen molar-refractivity contribution in [3.05, 3.63) is 17.1 Å². The van der Waals surface area contributed by atoms with Crippen molar-refractivity contribution in [1.82, 2.24) is 4.98 Å². The van der Waals surface area contributed by atoms with Crippen molar-refractivity contribution in [1.29, 1.82) is 0 Å². The van der Waals surface area contributed by atoms with Crippen LogP contribution in [0.15, 0.2) is 5.51 Å².